The summed E-state index contributed by atoms with van der Waals surface area (Å²) in [5, 5.41) is 0. The number of hydrogen-bond donors (Lipinski definition) is 0. The van der Waals surface area contributed by atoms with Crippen molar-refractivity contribution >= 4 is 14.6 Å². The van der Waals surface area contributed by atoms with E-state index in [1.807, 2.05) is 19.6 Å². The zero-order valence-electron chi connectivity index (χ0n) is 8.80. The highest BCUT2D eigenvalue weighted by atomic mass is 28.4. The van der Waals surface area contributed by atoms with Crippen LogP contribution in [0.2, 0.25) is 19.6 Å². The minimum atomic E-state index is -1.96. The molecule has 0 aliphatic rings. The maximum atomic E-state index is 13.5. The third kappa shape index (κ3) is 2.86. The first-order valence-electron chi connectivity index (χ1n) is 4.47. The van der Waals surface area contributed by atoms with Gasteiger partial charge in [0.2, 0.25) is 8.32 Å². The van der Waals surface area contributed by atoms with Crippen LogP contribution >= 0.6 is 0 Å². The van der Waals surface area contributed by atoms with E-state index in [-0.39, 0.29) is 12.0 Å². The van der Waals surface area contributed by atoms with Gasteiger partial charge in [-0.3, -0.25) is 4.79 Å². The molecule has 0 unspecified atom stereocenters. The van der Waals surface area contributed by atoms with Gasteiger partial charge in [-0.15, -0.1) is 0 Å². The lowest BCUT2D eigenvalue weighted by atomic mass is 10.2. The van der Waals surface area contributed by atoms with E-state index in [4.69, 9.17) is 4.43 Å². The Hall–Kier alpha value is -1.23. The van der Waals surface area contributed by atoms with Crippen molar-refractivity contribution in [1.29, 1.82) is 0 Å². The molecule has 0 heterocycles. The molecule has 0 aromatic heterocycles. The molecule has 82 valence electrons. The predicted molar refractivity (Wildman–Crippen MR) is 55.7 cm³/mol. The maximum Gasteiger partial charge on any atom is 0.242 e. The van der Waals surface area contributed by atoms with E-state index in [1.165, 1.54) is 6.07 Å². The smallest absolute Gasteiger partial charge is 0.242 e. The average Bonchev–Trinajstić information content (AvgIpc) is 2.09. The molecule has 0 bridgehead atoms. The van der Waals surface area contributed by atoms with Crippen LogP contribution in [0.25, 0.3) is 0 Å². The van der Waals surface area contributed by atoms with Crippen LogP contribution in [0.15, 0.2) is 12.1 Å². The fraction of sp³-hybridized carbons (Fsp3) is 0.300. The molecule has 0 amide bonds. The standard InChI is InChI=1S/C10H12F2O2Si/c1-15(2,3)14-9-5-4-8(11)7(6-13)10(9)12/h4-6H,1-3H3. The second kappa shape index (κ2) is 4.10. The summed E-state index contributed by atoms with van der Waals surface area (Å²) in [5.41, 5.74) is -0.578. The molecule has 5 heteroatoms. The van der Waals surface area contributed by atoms with Crippen molar-refractivity contribution in [2.45, 2.75) is 19.6 Å². The highest BCUT2D eigenvalue weighted by Crippen LogP contribution is 2.24. The molecule has 0 aliphatic carbocycles. The molecule has 0 radical (unpaired) electrons. The van der Waals surface area contributed by atoms with E-state index in [0.717, 1.165) is 6.07 Å². The number of aldehydes is 1. The molecular weight excluding hydrogens is 218 g/mol. The molecule has 0 fully saturated rings. The van der Waals surface area contributed by atoms with Crippen LogP contribution in [0.5, 0.6) is 5.75 Å². The first-order chi connectivity index (χ1) is 6.85. The minimum absolute atomic E-state index is 0.0577. The topological polar surface area (TPSA) is 26.3 Å². The molecule has 15 heavy (non-hydrogen) atoms. The quantitative estimate of drug-likeness (QED) is 0.589. The molecule has 0 spiro atoms. The fourth-order valence-corrected chi connectivity index (χ4v) is 1.88. The van der Waals surface area contributed by atoms with E-state index in [1.54, 1.807) is 0 Å². The van der Waals surface area contributed by atoms with Gasteiger partial charge in [-0.25, -0.2) is 8.78 Å². The van der Waals surface area contributed by atoms with Gasteiger partial charge in [0, 0.05) is 0 Å². The van der Waals surface area contributed by atoms with Gasteiger partial charge in [-0.05, 0) is 31.8 Å². The largest absolute Gasteiger partial charge is 0.542 e. The Morgan fingerprint density at radius 1 is 1.27 bits per heavy atom. The van der Waals surface area contributed by atoms with Crippen molar-refractivity contribution in [1.82, 2.24) is 0 Å². The van der Waals surface area contributed by atoms with Gasteiger partial charge in [0.05, 0.1) is 5.56 Å². The molecule has 0 atom stereocenters. The normalized spacial score (nSPS) is 11.3. The third-order valence-corrected chi connectivity index (χ3v) is 2.46. The van der Waals surface area contributed by atoms with E-state index >= 15 is 0 Å². The van der Waals surface area contributed by atoms with Crippen molar-refractivity contribution in [2.24, 2.45) is 0 Å². The molecule has 0 aliphatic heterocycles. The molecule has 1 aromatic carbocycles. The fourth-order valence-electron chi connectivity index (χ4n) is 1.07. The van der Waals surface area contributed by atoms with Crippen molar-refractivity contribution < 1.29 is 18.0 Å². The van der Waals surface area contributed by atoms with Crippen LogP contribution in [0.1, 0.15) is 10.4 Å². The molecule has 1 aromatic rings. The van der Waals surface area contributed by atoms with Gasteiger partial charge < -0.3 is 4.43 Å². The van der Waals surface area contributed by atoms with Crippen LogP contribution in [0.4, 0.5) is 8.78 Å². The van der Waals surface area contributed by atoms with Crippen LogP contribution in [0, 0.1) is 11.6 Å². The van der Waals surface area contributed by atoms with Gasteiger partial charge in [-0.1, -0.05) is 0 Å². The monoisotopic (exact) mass is 230 g/mol. The maximum absolute atomic E-state index is 13.5. The van der Waals surface area contributed by atoms with Gasteiger partial charge in [-0.2, -0.15) is 0 Å². The number of rotatable bonds is 3. The van der Waals surface area contributed by atoms with Crippen molar-refractivity contribution in [3.63, 3.8) is 0 Å². The van der Waals surface area contributed by atoms with E-state index in [9.17, 15) is 13.6 Å². The lowest BCUT2D eigenvalue weighted by Gasteiger charge is -2.19. The Balaban J connectivity index is 3.16. The second-order valence-corrected chi connectivity index (χ2v) is 8.53. The molecule has 0 saturated carbocycles. The summed E-state index contributed by atoms with van der Waals surface area (Å²) in [4.78, 5) is 10.4. The Labute approximate surface area is 88.0 Å². The number of hydrogen-bond acceptors (Lipinski definition) is 2. The van der Waals surface area contributed by atoms with Crippen molar-refractivity contribution in [2.75, 3.05) is 0 Å². The van der Waals surface area contributed by atoms with E-state index in [2.05, 4.69) is 0 Å². The molecule has 2 nitrogen and oxygen atoms in total. The summed E-state index contributed by atoms with van der Waals surface area (Å²) in [6.45, 7) is 5.61. The van der Waals surface area contributed by atoms with Gasteiger partial charge in [0.15, 0.2) is 12.1 Å². The first-order valence-corrected chi connectivity index (χ1v) is 7.88. The van der Waals surface area contributed by atoms with Crippen LogP contribution in [-0.2, 0) is 0 Å². The summed E-state index contributed by atoms with van der Waals surface area (Å²) in [7, 11) is -1.96. The van der Waals surface area contributed by atoms with Gasteiger partial charge in [0.25, 0.3) is 0 Å². The summed E-state index contributed by atoms with van der Waals surface area (Å²) in [5.74, 6) is -1.85. The summed E-state index contributed by atoms with van der Waals surface area (Å²) in [6.07, 6.45) is 0.155. The van der Waals surface area contributed by atoms with Crippen LogP contribution in [0.3, 0.4) is 0 Å². The Bertz CT molecular complexity index is 386. The van der Waals surface area contributed by atoms with Gasteiger partial charge >= 0.3 is 0 Å². The second-order valence-electron chi connectivity index (χ2n) is 4.11. The Kier molecular flexibility index (Phi) is 3.24. The zero-order chi connectivity index (χ0) is 11.6. The summed E-state index contributed by atoms with van der Waals surface area (Å²) < 4.78 is 31.8. The number of carbonyl (C=O) groups excluding carboxylic acids is 1. The molecule has 1 rings (SSSR count). The van der Waals surface area contributed by atoms with Crippen LogP contribution in [-0.4, -0.2) is 14.6 Å². The first kappa shape index (κ1) is 11.8. The lowest BCUT2D eigenvalue weighted by Crippen LogP contribution is -2.29. The van der Waals surface area contributed by atoms with E-state index in [0.29, 0.717) is 0 Å². The molecular formula is C10H12F2O2Si. The highest BCUT2D eigenvalue weighted by Gasteiger charge is 2.21. The van der Waals surface area contributed by atoms with Crippen LogP contribution < -0.4 is 4.43 Å². The Morgan fingerprint density at radius 2 is 1.87 bits per heavy atom. The van der Waals surface area contributed by atoms with Gasteiger partial charge in [0.1, 0.15) is 11.6 Å². The van der Waals surface area contributed by atoms with E-state index < -0.39 is 25.5 Å². The lowest BCUT2D eigenvalue weighted by molar-refractivity contribution is 0.111. The average molecular weight is 230 g/mol. The molecule has 0 saturated heterocycles. The summed E-state index contributed by atoms with van der Waals surface area (Å²) >= 11 is 0. The number of carbonyl (C=O) groups is 1. The predicted octanol–water partition coefficient (Wildman–Crippen LogP) is 2.99. The zero-order valence-corrected chi connectivity index (χ0v) is 9.80. The Morgan fingerprint density at radius 3 is 2.33 bits per heavy atom. The number of halogens is 2. The number of benzene rings is 1. The third-order valence-electron chi connectivity index (χ3n) is 1.63. The highest BCUT2D eigenvalue weighted by molar-refractivity contribution is 6.70. The van der Waals surface area contributed by atoms with Crippen molar-refractivity contribution in [3.8, 4) is 5.75 Å². The summed E-state index contributed by atoms with van der Waals surface area (Å²) in [6, 6.07) is 2.23. The minimum Gasteiger partial charge on any atom is -0.542 e. The SMILES string of the molecule is C[Si](C)(C)Oc1ccc(F)c(C=O)c1F. The van der Waals surface area contributed by atoms with Crippen molar-refractivity contribution in [3.05, 3.63) is 29.3 Å². The molecule has 0 N–H and O–H groups in total.